The maximum atomic E-state index is 10.5. The van der Waals surface area contributed by atoms with Gasteiger partial charge in [0.05, 0.1) is 6.61 Å². The van der Waals surface area contributed by atoms with Crippen LogP contribution in [0.3, 0.4) is 0 Å². The molecule has 82 valence electrons. The molecule has 5 heteroatoms. The number of hydrogen-bond acceptors (Lipinski definition) is 4. The van der Waals surface area contributed by atoms with Crippen molar-refractivity contribution < 1.29 is 14.3 Å². The summed E-state index contributed by atoms with van der Waals surface area (Å²) in [4.78, 5) is 10.5. The first-order valence-electron chi connectivity index (χ1n) is 4.80. The maximum Gasteiger partial charge on any atom is 0.218 e. The number of nitrogens with two attached hydrogens (primary N) is 1. The van der Waals surface area contributed by atoms with E-state index in [1.165, 1.54) is 0 Å². The summed E-state index contributed by atoms with van der Waals surface area (Å²) >= 11 is 0. The minimum absolute atomic E-state index is 0.211. The van der Waals surface area contributed by atoms with Gasteiger partial charge in [-0.05, 0) is 0 Å². The molecule has 1 amide bonds. The van der Waals surface area contributed by atoms with Crippen LogP contribution in [0.2, 0.25) is 0 Å². The Bertz CT molecular complexity index is 190. The first-order valence-corrected chi connectivity index (χ1v) is 4.80. The second-order valence-corrected chi connectivity index (χ2v) is 3.58. The van der Waals surface area contributed by atoms with Gasteiger partial charge in [-0.1, -0.05) is 0 Å². The van der Waals surface area contributed by atoms with Gasteiger partial charge in [-0.25, -0.2) is 0 Å². The van der Waals surface area contributed by atoms with E-state index in [2.05, 4.69) is 5.32 Å². The average Bonchev–Trinajstić information content (AvgIpc) is 2.62. The van der Waals surface area contributed by atoms with E-state index in [4.69, 9.17) is 15.2 Å². The van der Waals surface area contributed by atoms with Crippen LogP contribution in [0.15, 0.2) is 0 Å². The van der Waals surface area contributed by atoms with Gasteiger partial charge >= 0.3 is 0 Å². The molecule has 0 radical (unpaired) electrons. The number of amides is 1. The van der Waals surface area contributed by atoms with Crippen LogP contribution >= 0.6 is 0 Å². The Hall–Kier alpha value is -0.650. The summed E-state index contributed by atoms with van der Waals surface area (Å²) in [6.45, 7) is 2.66. The molecule has 0 aromatic carbocycles. The third kappa shape index (κ3) is 3.25. The van der Waals surface area contributed by atoms with Crippen LogP contribution in [0.1, 0.15) is 12.8 Å². The summed E-state index contributed by atoms with van der Waals surface area (Å²) in [6, 6.07) is 0. The predicted molar refractivity (Wildman–Crippen MR) is 51.9 cm³/mol. The van der Waals surface area contributed by atoms with Gasteiger partial charge in [-0.15, -0.1) is 0 Å². The zero-order valence-corrected chi connectivity index (χ0v) is 8.54. The van der Waals surface area contributed by atoms with Gasteiger partial charge in [0.15, 0.2) is 0 Å². The molecule has 0 aromatic heterocycles. The third-order valence-corrected chi connectivity index (χ3v) is 2.50. The highest BCUT2D eigenvalue weighted by Crippen LogP contribution is 2.21. The molecule has 1 atom stereocenters. The van der Waals surface area contributed by atoms with E-state index in [1.807, 2.05) is 0 Å². The second kappa shape index (κ2) is 5.29. The van der Waals surface area contributed by atoms with Gasteiger partial charge < -0.3 is 20.5 Å². The largest absolute Gasteiger partial charge is 0.378 e. The highest BCUT2D eigenvalue weighted by atomic mass is 16.5. The van der Waals surface area contributed by atoms with E-state index in [0.29, 0.717) is 26.1 Å². The summed E-state index contributed by atoms with van der Waals surface area (Å²) in [5, 5.41) is 3.14. The first kappa shape index (κ1) is 11.4. The minimum atomic E-state index is -0.286. The number of carbonyl (C=O) groups is 1. The molecule has 1 saturated heterocycles. The van der Waals surface area contributed by atoms with Crippen molar-refractivity contribution in [1.29, 1.82) is 0 Å². The van der Waals surface area contributed by atoms with Gasteiger partial charge in [0.1, 0.15) is 5.60 Å². The molecule has 1 rings (SSSR count). The molecule has 1 heterocycles. The summed E-state index contributed by atoms with van der Waals surface area (Å²) < 4.78 is 10.7. The van der Waals surface area contributed by atoms with Gasteiger partial charge in [-0.3, -0.25) is 4.79 Å². The Morgan fingerprint density at radius 1 is 1.71 bits per heavy atom. The number of rotatable bonds is 6. The molecule has 1 unspecified atom stereocenters. The van der Waals surface area contributed by atoms with Gasteiger partial charge in [0, 0.05) is 39.6 Å². The molecular weight excluding hydrogens is 184 g/mol. The SMILES string of the molecule is COC1(CNCCC(N)=O)CCOC1. The molecule has 1 aliphatic heterocycles. The van der Waals surface area contributed by atoms with Crippen molar-refractivity contribution in [2.45, 2.75) is 18.4 Å². The average molecular weight is 202 g/mol. The van der Waals surface area contributed by atoms with Crippen LogP contribution in [0.4, 0.5) is 0 Å². The summed E-state index contributed by atoms with van der Waals surface area (Å²) in [5.41, 5.74) is 4.81. The summed E-state index contributed by atoms with van der Waals surface area (Å²) in [5.74, 6) is -0.286. The van der Waals surface area contributed by atoms with Gasteiger partial charge in [-0.2, -0.15) is 0 Å². The molecule has 0 aliphatic carbocycles. The van der Waals surface area contributed by atoms with Crippen LogP contribution in [0.5, 0.6) is 0 Å². The van der Waals surface area contributed by atoms with Crippen LogP contribution in [-0.2, 0) is 14.3 Å². The topological polar surface area (TPSA) is 73.6 Å². The zero-order chi connectivity index (χ0) is 10.4. The molecule has 1 fully saturated rings. The number of hydrogen-bond donors (Lipinski definition) is 2. The Kier molecular flexibility index (Phi) is 4.31. The van der Waals surface area contributed by atoms with E-state index < -0.39 is 0 Å². The summed E-state index contributed by atoms with van der Waals surface area (Å²) in [6.07, 6.45) is 1.26. The number of primary amides is 1. The van der Waals surface area contributed by atoms with E-state index >= 15 is 0 Å². The van der Waals surface area contributed by atoms with Gasteiger partial charge in [0.2, 0.25) is 5.91 Å². The maximum absolute atomic E-state index is 10.5. The fraction of sp³-hybridized carbons (Fsp3) is 0.889. The smallest absolute Gasteiger partial charge is 0.218 e. The van der Waals surface area contributed by atoms with Crippen molar-refractivity contribution in [2.75, 3.05) is 33.4 Å². The quantitative estimate of drug-likeness (QED) is 0.556. The van der Waals surface area contributed by atoms with Crippen LogP contribution < -0.4 is 11.1 Å². The Morgan fingerprint density at radius 2 is 2.50 bits per heavy atom. The molecule has 0 bridgehead atoms. The van der Waals surface area contributed by atoms with Crippen molar-refractivity contribution >= 4 is 5.91 Å². The first-order chi connectivity index (χ1) is 6.68. The predicted octanol–water partition coefficient (Wildman–Crippen LogP) is -0.743. The molecule has 0 spiro atoms. The minimum Gasteiger partial charge on any atom is -0.378 e. The molecule has 3 N–H and O–H groups in total. The Labute approximate surface area is 83.9 Å². The Morgan fingerprint density at radius 3 is 3.00 bits per heavy atom. The van der Waals surface area contributed by atoms with Gasteiger partial charge in [0.25, 0.3) is 0 Å². The van der Waals surface area contributed by atoms with Crippen LogP contribution in [-0.4, -0.2) is 44.9 Å². The lowest BCUT2D eigenvalue weighted by Gasteiger charge is -2.25. The fourth-order valence-corrected chi connectivity index (χ4v) is 1.49. The van der Waals surface area contributed by atoms with E-state index in [0.717, 1.165) is 13.0 Å². The highest BCUT2D eigenvalue weighted by Gasteiger charge is 2.34. The van der Waals surface area contributed by atoms with Crippen molar-refractivity contribution in [3.8, 4) is 0 Å². The number of methoxy groups -OCH3 is 1. The van der Waals surface area contributed by atoms with Crippen molar-refractivity contribution in [3.63, 3.8) is 0 Å². The normalized spacial score (nSPS) is 26.6. The number of nitrogens with one attached hydrogen (secondary N) is 1. The molecular formula is C9H18N2O3. The van der Waals surface area contributed by atoms with E-state index in [1.54, 1.807) is 7.11 Å². The van der Waals surface area contributed by atoms with E-state index in [9.17, 15) is 4.79 Å². The number of ether oxygens (including phenoxy) is 2. The fourth-order valence-electron chi connectivity index (χ4n) is 1.49. The lowest BCUT2D eigenvalue weighted by Crippen LogP contribution is -2.43. The lowest BCUT2D eigenvalue weighted by atomic mass is 10.0. The standard InChI is InChI=1S/C9H18N2O3/c1-13-9(3-5-14-7-9)6-11-4-2-8(10)12/h11H,2-7H2,1H3,(H2,10,12). The molecule has 0 aromatic rings. The molecule has 0 saturated carbocycles. The monoisotopic (exact) mass is 202 g/mol. The van der Waals surface area contributed by atoms with Crippen molar-refractivity contribution in [2.24, 2.45) is 5.73 Å². The number of carbonyl (C=O) groups excluding carboxylic acids is 1. The second-order valence-electron chi connectivity index (χ2n) is 3.58. The highest BCUT2D eigenvalue weighted by molar-refractivity contribution is 5.73. The third-order valence-electron chi connectivity index (χ3n) is 2.50. The van der Waals surface area contributed by atoms with Crippen LogP contribution in [0.25, 0.3) is 0 Å². The molecule has 5 nitrogen and oxygen atoms in total. The van der Waals surface area contributed by atoms with Crippen LogP contribution in [0, 0.1) is 0 Å². The van der Waals surface area contributed by atoms with Crippen molar-refractivity contribution in [1.82, 2.24) is 5.32 Å². The molecule has 1 aliphatic rings. The zero-order valence-electron chi connectivity index (χ0n) is 8.54. The van der Waals surface area contributed by atoms with E-state index in [-0.39, 0.29) is 11.5 Å². The summed E-state index contributed by atoms with van der Waals surface area (Å²) in [7, 11) is 1.68. The molecule has 14 heavy (non-hydrogen) atoms. The lowest BCUT2D eigenvalue weighted by molar-refractivity contribution is -0.118. The Balaban J connectivity index is 2.18. The van der Waals surface area contributed by atoms with Crippen molar-refractivity contribution in [3.05, 3.63) is 0 Å².